The van der Waals surface area contributed by atoms with Gasteiger partial charge in [-0.05, 0) is 18.8 Å². The number of carbonyl (C=O) groups is 1. The molecule has 1 heterocycles. The van der Waals surface area contributed by atoms with Crippen LogP contribution in [-0.4, -0.2) is 22.0 Å². The normalized spacial score (nSPS) is 16.9. The Morgan fingerprint density at radius 3 is 2.94 bits per heavy atom. The zero-order chi connectivity index (χ0) is 13.1. The van der Waals surface area contributed by atoms with E-state index in [0.717, 1.165) is 25.1 Å². The topological polar surface area (TPSA) is 72.9 Å². The molecule has 1 atom stereocenters. The Labute approximate surface area is 108 Å². The first-order chi connectivity index (χ1) is 8.59. The summed E-state index contributed by atoms with van der Waals surface area (Å²) in [4.78, 5) is 15.6. The van der Waals surface area contributed by atoms with Crippen molar-refractivity contribution in [2.45, 2.75) is 39.3 Å². The second-order valence-corrected chi connectivity index (χ2v) is 5.35. The van der Waals surface area contributed by atoms with Gasteiger partial charge in [0.05, 0.1) is 12.0 Å². The molecule has 0 aliphatic heterocycles. The second kappa shape index (κ2) is 5.52. The zero-order valence-electron chi connectivity index (χ0n) is 11.1. The van der Waals surface area contributed by atoms with Gasteiger partial charge in [-0.1, -0.05) is 13.8 Å². The summed E-state index contributed by atoms with van der Waals surface area (Å²) >= 11 is 0. The third kappa shape index (κ3) is 3.10. The van der Waals surface area contributed by atoms with Gasteiger partial charge in [0.1, 0.15) is 0 Å². The van der Waals surface area contributed by atoms with Gasteiger partial charge in [-0.3, -0.25) is 4.79 Å². The number of nitrogens with zero attached hydrogens (tertiary/aromatic N) is 2. The number of nitrogens with one attached hydrogen (secondary N) is 1. The van der Waals surface area contributed by atoms with Gasteiger partial charge in [0.25, 0.3) is 0 Å². The van der Waals surface area contributed by atoms with E-state index < -0.39 is 0 Å². The van der Waals surface area contributed by atoms with Crippen LogP contribution in [0.2, 0.25) is 0 Å². The molecule has 3 N–H and O–H groups in total. The number of amides is 1. The van der Waals surface area contributed by atoms with Crippen molar-refractivity contribution in [1.29, 1.82) is 0 Å². The van der Waals surface area contributed by atoms with Gasteiger partial charge >= 0.3 is 0 Å². The van der Waals surface area contributed by atoms with Crippen LogP contribution in [0.3, 0.4) is 0 Å². The lowest BCUT2D eigenvalue weighted by Crippen LogP contribution is -2.29. The molecule has 1 amide bonds. The molecule has 18 heavy (non-hydrogen) atoms. The van der Waals surface area contributed by atoms with E-state index in [-0.39, 0.29) is 17.9 Å². The van der Waals surface area contributed by atoms with Gasteiger partial charge in [-0.2, -0.15) is 0 Å². The summed E-state index contributed by atoms with van der Waals surface area (Å²) in [7, 11) is 0. The molecule has 1 fully saturated rings. The Hall–Kier alpha value is -1.36. The largest absolute Gasteiger partial charge is 0.354 e. The Balaban J connectivity index is 1.85. The standard InChI is InChI=1S/C13H22N4O/c1-9(2)12(14)11-7-15-8-17(11)6-5-16-13(18)10-3-4-10/h7-10,12H,3-6,14H2,1-2H3,(H,16,18). The number of imidazole rings is 1. The number of nitrogens with two attached hydrogens (primary N) is 1. The fourth-order valence-electron chi connectivity index (χ4n) is 1.93. The van der Waals surface area contributed by atoms with E-state index in [2.05, 4.69) is 24.1 Å². The molecule has 2 rings (SSSR count). The lowest BCUT2D eigenvalue weighted by atomic mass is 10.0. The molecule has 0 saturated heterocycles. The van der Waals surface area contributed by atoms with Crippen molar-refractivity contribution in [2.24, 2.45) is 17.6 Å². The van der Waals surface area contributed by atoms with Crippen LogP contribution in [0.4, 0.5) is 0 Å². The van der Waals surface area contributed by atoms with Crippen LogP contribution in [0.25, 0.3) is 0 Å². The number of carbonyl (C=O) groups excluding carboxylic acids is 1. The van der Waals surface area contributed by atoms with Crippen molar-refractivity contribution in [3.8, 4) is 0 Å². The van der Waals surface area contributed by atoms with Crippen LogP contribution in [-0.2, 0) is 11.3 Å². The fraction of sp³-hybridized carbons (Fsp3) is 0.692. The van der Waals surface area contributed by atoms with E-state index in [0.29, 0.717) is 12.5 Å². The quantitative estimate of drug-likeness (QED) is 0.793. The maximum atomic E-state index is 11.5. The van der Waals surface area contributed by atoms with Crippen molar-refractivity contribution >= 4 is 5.91 Å². The van der Waals surface area contributed by atoms with E-state index in [4.69, 9.17) is 5.73 Å². The summed E-state index contributed by atoms with van der Waals surface area (Å²) in [5.74, 6) is 0.830. The molecule has 0 bridgehead atoms. The lowest BCUT2D eigenvalue weighted by Gasteiger charge is -2.18. The second-order valence-electron chi connectivity index (χ2n) is 5.35. The summed E-state index contributed by atoms with van der Waals surface area (Å²) in [6.45, 7) is 5.56. The first-order valence-corrected chi connectivity index (χ1v) is 6.63. The SMILES string of the molecule is CC(C)C(N)c1cncn1CCNC(=O)C1CC1. The number of hydrogen-bond donors (Lipinski definition) is 2. The third-order valence-corrected chi connectivity index (χ3v) is 3.40. The molecule has 5 nitrogen and oxygen atoms in total. The Morgan fingerprint density at radius 2 is 2.33 bits per heavy atom. The van der Waals surface area contributed by atoms with Crippen molar-refractivity contribution in [3.63, 3.8) is 0 Å². The highest BCUT2D eigenvalue weighted by atomic mass is 16.2. The predicted molar refractivity (Wildman–Crippen MR) is 69.7 cm³/mol. The fourth-order valence-corrected chi connectivity index (χ4v) is 1.93. The van der Waals surface area contributed by atoms with Crippen molar-refractivity contribution in [1.82, 2.24) is 14.9 Å². The maximum Gasteiger partial charge on any atom is 0.223 e. The van der Waals surface area contributed by atoms with Crippen molar-refractivity contribution in [2.75, 3.05) is 6.54 Å². The minimum atomic E-state index is -0.00775. The smallest absolute Gasteiger partial charge is 0.223 e. The number of rotatable bonds is 6. The summed E-state index contributed by atoms with van der Waals surface area (Å²) in [5.41, 5.74) is 7.16. The summed E-state index contributed by atoms with van der Waals surface area (Å²) < 4.78 is 2.03. The summed E-state index contributed by atoms with van der Waals surface area (Å²) in [5, 5.41) is 2.95. The summed E-state index contributed by atoms with van der Waals surface area (Å²) in [6.07, 6.45) is 5.68. The van der Waals surface area contributed by atoms with Gasteiger partial charge in [0.15, 0.2) is 0 Å². The first-order valence-electron chi connectivity index (χ1n) is 6.63. The molecule has 1 aromatic rings. The first kappa shape index (κ1) is 13.1. The van der Waals surface area contributed by atoms with E-state index >= 15 is 0 Å². The monoisotopic (exact) mass is 250 g/mol. The van der Waals surface area contributed by atoms with Crippen LogP contribution < -0.4 is 11.1 Å². The highest BCUT2D eigenvalue weighted by molar-refractivity contribution is 5.80. The zero-order valence-corrected chi connectivity index (χ0v) is 11.1. The third-order valence-electron chi connectivity index (χ3n) is 3.40. The highest BCUT2D eigenvalue weighted by Crippen LogP contribution is 2.28. The minimum Gasteiger partial charge on any atom is -0.354 e. The molecule has 0 aromatic carbocycles. The lowest BCUT2D eigenvalue weighted by molar-refractivity contribution is -0.122. The molecule has 1 aliphatic carbocycles. The van der Waals surface area contributed by atoms with Crippen LogP contribution in [0.15, 0.2) is 12.5 Å². The Kier molecular flexibility index (Phi) is 4.01. The van der Waals surface area contributed by atoms with Crippen molar-refractivity contribution < 1.29 is 4.79 Å². The average molecular weight is 250 g/mol. The van der Waals surface area contributed by atoms with Crippen LogP contribution >= 0.6 is 0 Å². The Morgan fingerprint density at radius 1 is 1.61 bits per heavy atom. The van der Waals surface area contributed by atoms with E-state index in [1.54, 1.807) is 6.33 Å². The highest BCUT2D eigenvalue weighted by Gasteiger charge is 2.29. The van der Waals surface area contributed by atoms with Crippen LogP contribution in [0.1, 0.15) is 38.4 Å². The molecule has 0 radical (unpaired) electrons. The van der Waals surface area contributed by atoms with Crippen LogP contribution in [0, 0.1) is 11.8 Å². The molecule has 1 aromatic heterocycles. The number of hydrogen-bond acceptors (Lipinski definition) is 3. The van der Waals surface area contributed by atoms with E-state index in [1.807, 2.05) is 10.8 Å². The van der Waals surface area contributed by atoms with E-state index in [9.17, 15) is 4.79 Å². The van der Waals surface area contributed by atoms with Crippen LogP contribution in [0.5, 0.6) is 0 Å². The predicted octanol–water partition coefficient (Wildman–Crippen LogP) is 1.07. The number of aromatic nitrogens is 2. The molecule has 1 unspecified atom stereocenters. The molecular weight excluding hydrogens is 228 g/mol. The van der Waals surface area contributed by atoms with E-state index in [1.165, 1.54) is 0 Å². The molecule has 1 aliphatic rings. The van der Waals surface area contributed by atoms with Gasteiger partial charge in [-0.25, -0.2) is 4.98 Å². The van der Waals surface area contributed by atoms with Gasteiger partial charge in [-0.15, -0.1) is 0 Å². The minimum absolute atomic E-state index is 0.00775. The molecule has 0 spiro atoms. The summed E-state index contributed by atoms with van der Waals surface area (Å²) in [6, 6.07) is -0.00775. The maximum absolute atomic E-state index is 11.5. The van der Waals surface area contributed by atoms with Gasteiger partial charge in [0, 0.05) is 31.2 Å². The Bertz CT molecular complexity index is 409. The molecule has 5 heteroatoms. The van der Waals surface area contributed by atoms with Gasteiger partial charge < -0.3 is 15.6 Å². The average Bonchev–Trinajstić information content (AvgIpc) is 3.09. The molecular formula is C13H22N4O. The van der Waals surface area contributed by atoms with Crippen molar-refractivity contribution in [3.05, 3.63) is 18.2 Å². The molecule has 1 saturated carbocycles. The van der Waals surface area contributed by atoms with Gasteiger partial charge in [0.2, 0.25) is 5.91 Å². The molecule has 100 valence electrons.